The van der Waals surface area contributed by atoms with Crippen molar-refractivity contribution in [2.24, 2.45) is 0 Å². The molecule has 0 amide bonds. The molecule has 0 aliphatic heterocycles. The molecule has 0 saturated carbocycles. The molecule has 1 aromatic carbocycles. The van der Waals surface area contributed by atoms with Gasteiger partial charge in [-0.25, -0.2) is 4.39 Å². The minimum Gasteiger partial charge on any atom is -0.206 e. The molecule has 0 fully saturated rings. The molecule has 0 unspecified atom stereocenters. The Morgan fingerprint density at radius 2 is 2.18 bits per heavy atom. The Hall–Kier alpha value is -0.150. The van der Waals surface area contributed by atoms with Crippen LogP contribution in [0.15, 0.2) is 16.6 Å². The number of benzene rings is 1. The van der Waals surface area contributed by atoms with Crippen molar-refractivity contribution in [1.29, 1.82) is 5.26 Å². The van der Waals surface area contributed by atoms with Crippen LogP contribution in [0.25, 0.3) is 0 Å². The van der Waals surface area contributed by atoms with E-state index in [9.17, 15) is 4.39 Å². The summed E-state index contributed by atoms with van der Waals surface area (Å²) in [5.74, 6) is -0.401. The topological polar surface area (TPSA) is 23.8 Å². The number of hydrogen-bond acceptors (Lipinski definition) is 1. The van der Waals surface area contributed by atoms with E-state index in [2.05, 4.69) is 15.9 Å². The van der Waals surface area contributed by atoms with E-state index >= 15 is 0 Å². The predicted molar refractivity (Wildman–Crippen MR) is 51.5 cm³/mol. The third-order valence-electron chi connectivity index (χ3n) is 1.16. The van der Waals surface area contributed by atoms with Crippen LogP contribution in [0.5, 0.6) is 0 Å². The molecule has 0 aliphatic carbocycles. The number of halogens is 3. The Balaban J connectivity index is 3.44. The zero-order valence-corrected chi connectivity index (χ0v) is 8.98. The molecule has 1 rings (SSSR count). The van der Waals surface area contributed by atoms with Crippen LogP contribution in [-0.4, -0.2) is 0 Å². The lowest BCUT2D eigenvalue weighted by Crippen LogP contribution is -1.87. The second-order valence-electron chi connectivity index (χ2n) is 1.83. The summed E-state index contributed by atoms with van der Waals surface area (Å²) in [6.07, 6.45) is 0. The van der Waals surface area contributed by atoms with Crippen LogP contribution in [0.2, 0.25) is 0 Å². The van der Waals surface area contributed by atoms with E-state index in [0.29, 0.717) is 5.56 Å². The summed E-state index contributed by atoms with van der Waals surface area (Å²) in [4.78, 5) is 0. The van der Waals surface area contributed by atoms with Gasteiger partial charge in [-0.1, -0.05) is 0 Å². The van der Waals surface area contributed by atoms with Crippen LogP contribution >= 0.6 is 38.5 Å². The van der Waals surface area contributed by atoms with Crippen molar-refractivity contribution in [3.05, 3.63) is 31.6 Å². The van der Waals surface area contributed by atoms with Crippen LogP contribution in [0.1, 0.15) is 5.56 Å². The van der Waals surface area contributed by atoms with Gasteiger partial charge in [-0.3, -0.25) is 0 Å². The summed E-state index contributed by atoms with van der Waals surface area (Å²) in [6, 6.07) is 4.80. The van der Waals surface area contributed by atoms with Gasteiger partial charge in [0.25, 0.3) is 0 Å². The molecule has 0 heterocycles. The molecule has 0 radical (unpaired) electrons. The SMILES string of the molecule is N#Cc1c(I)ccc(F)c1Br. The predicted octanol–water partition coefficient (Wildman–Crippen LogP) is 3.06. The van der Waals surface area contributed by atoms with E-state index in [4.69, 9.17) is 5.26 Å². The highest BCUT2D eigenvalue weighted by Gasteiger charge is 2.07. The molecule has 0 atom stereocenters. The molecule has 0 bridgehead atoms. The van der Waals surface area contributed by atoms with Gasteiger partial charge in [0.1, 0.15) is 11.9 Å². The summed E-state index contributed by atoms with van der Waals surface area (Å²) in [5, 5.41) is 8.57. The van der Waals surface area contributed by atoms with Crippen molar-refractivity contribution in [3.63, 3.8) is 0 Å². The molecular weight excluding hydrogens is 324 g/mol. The third-order valence-corrected chi connectivity index (χ3v) is 2.83. The van der Waals surface area contributed by atoms with Gasteiger partial charge in [0, 0.05) is 3.57 Å². The first-order valence-electron chi connectivity index (χ1n) is 2.70. The van der Waals surface area contributed by atoms with Crippen molar-refractivity contribution in [3.8, 4) is 6.07 Å². The standard InChI is InChI=1S/C7H2BrFIN/c8-7-4(3-11)6(10)2-1-5(7)9/h1-2H. The van der Waals surface area contributed by atoms with E-state index in [1.54, 1.807) is 6.07 Å². The molecule has 0 aliphatic rings. The van der Waals surface area contributed by atoms with Crippen LogP contribution in [0.3, 0.4) is 0 Å². The summed E-state index contributed by atoms with van der Waals surface area (Å²) in [5.41, 5.74) is 0.352. The number of nitrogens with zero attached hydrogens (tertiary/aromatic N) is 1. The molecule has 56 valence electrons. The average molecular weight is 326 g/mol. The summed E-state index contributed by atoms with van der Waals surface area (Å²) >= 11 is 4.97. The quantitative estimate of drug-likeness (QED) is 0.531. The molecular formula is C7H2BrFIN. The minimum atomic E-state index is -0.401. The summed E-state index contributed by atoms with van der Waals surface area (Å²) < 4.78 is 13.7. The summed E-state index contributed by atoms with van der Waals surface area (Å²) in [6.45, 7) is 0. The lowest BCUT2D eigenvalue weighted by atomic mass is 10.2. The highest BCUT2D eigenvalue weighted by molar-refractivity contribution is 14.1. The molecule has 0 saturated heterocycles. The molecule has 1 aromatic rings. The van der Waals surface area contributed by atoms with Crippen LogP contribution in [-0.2, 0) is 0 Å². The Morgan fingerprint density at radius 1 is 1.55 bits per heavy atom. The van der Waals surface area contributed by atoms with Gasteiger partial charge in [-0.2, -0.15) is 5.26 Å². The van der Waals surface area contributed by atoms with Crippen molar-refractivity contribution in [2.45, 2.75) is 0 Å². The van der Waals surface area contributed by atoms with Crippen molar-refractivity contribution in [2.75, 3.05) is 0 Å². The van der Waals surface area contributed by atoms with Gasteiger partial charge in [0.05, 0.1) is 10.0 Å². The molecule has 4 heteroatoms. The molecule has 0 N–H and O–H groups in total. The van der Waals surface area contributed by atoms with Gasteiger partial charge in [-0.15, -0.1) is 0 Å². The first-order chi connectivity index (χ1) is 5.16. The smallest absolute Gasteiger partial charge is 0.138 e. The first kappa shape index (κ1) is 8.94. The minimum absolute atomic E-state index is 0.243. The van der Waals surface area contributed by atoms with E-state index in [0.717, 1.165) is 3.57 Å². The normalized spacial score (nSPS) is 9.27. The van der Waals surface area contributed by atoms with Crippen LogP contribution in [0, 0.1) is 20.7 Å². The Bertz CT molecular complexity index is 332. The third kappa shape index (κ3) is 1.71. The fraction of sp³-hybridized carbons (Fsp3) is 0. The summed E-state index contributed by atoms with van der Waals surface area (Å²) in [7, 11) is 0. The van der Waals surface area contributed by atoms with Gasteiger partial charge in [0.2, 0.25) is 0 Å². The van der Waals surface area contributed by atoms with E-state index in [1.165, 1.54) is 6.07 Å². The molecule has 0 aromatic heterocycles. The maximum Gasteiger partial charge on any atom is 0.138 e. The van der Waals surface area contributed by atoms with Gasteiger partial charge >= 0.3 is 0 Å². The van der Waals surface area contributed by atoms with E-state index in [-0.39, 0.29) is 4.47 Å². The second-order valence-corrected chi connectivity index (χ2v) is 3.79. The largest absolute Gasteiger partial charge is 0.206 e. The lowest BCUT2D eigenvalue weighted by Gasteiger charge is -1.98. The fourth-order valence-electron chi connectivity index (χ4n) is 0.630. The number of nitriles is 1. The van der Waals surface area contributed by atoms with Crippen LogP contribution < -0.4 is 0 Å². The monoisotopic (exact) mass is 325 g/mol. The molecule has 11 heavy (non-hydrogen) atoms. The molecule has 1 nitrogen and oxygen atoms in total. The van der Waals surface area contributed by atoms with Gasteiger partial charge in [0.15, 0.2) is 0 Å². The Kier molecular flexibility index (Phi) is 2.84. The maximum atomic E-state index is 12.7. The Labute approximate surface area is 85.5 Å². The second kappa shape index (κ2) is 3.50. The van der Waals surface area contributed by atoms with Crippen molar-refractivity contribution < 1.29 is 4.39 Å². The zero-order valence-electron chi connectivity index (χ0n) is 5.24. The van der Waals surface area contributed by atoms with Gasteiger partial charge < -0.3 is 0 Å². The van der Waals surface area contributed by atoms with Crippen LogP contribution in [0.4, 0.5) is 4.39 Å². The first-order valence-corrected chi connectivity index (χ1v) is 4.57. The fourth-order valence-corrected chi connectivity index (χ4v) is 2.00. The lowest BCUT2D eigenvalue weighted by molar-refractivity contribution is 0.620. The van der Waals surface area contributed by atoms with E-state index in [1.807, 2.05) is 28.7 Å². The highest BCUT2D eigenvalue weighted by Crippen LogP contribution is 2.24. The Morgan fingerprint density at radius 3 is 2.64 bits per heavy atom. The average Bonchev–Trinajstić information content (AvgIpc) is 1.99. The number of rotatable bonds is 0. The van der Waals surface area contributed by atoms with Crippen molar-refractivity contribution >= 4 is 38.5 Å². The molecule has 0 spiro atoms. The van der Waals surface area contributed by atoms with Gasteiger partial charge in [-0.05, 0) is 50.7 Å². The zero-order chi connectivity index (χ0) is 8.43. The van der Waals surface area contributed by atoms with Crippen molar-refractivity contribution in [1.82, 2.24) is 0 Å². The highest BCUT2D eigenvalue weighted by atomic mass is 127. The number of hydrogen-bond donors (Lipinski definition) is 0. The van der Waals surface area contributed by atoms with E-state index < -0.39 is 5.82 Å². The maximum absolute atomic E-state index is 12.7.